The van der Waals surface area contributed by atoms with E-state index >= 15 is 0 Å². The van der Waals surface area contributed by atoms with Crippen molar-refractivity contribution in [3.63, 3.8) is 0 Å². The molecule has 2 saturated heterocycles. The van der Waals surface area contributed by atoms with E-state index in [0.29, 0.717) is 60.1 Å². The number of carbonyl (C=O) groups is 5. The molecule has 0 aliphatic carbocycles. The molecule has 0 radical (unpaired) electrons. The smallest absolute Gasteiger partial charge is 0.490 e. The number of carboxylic acid groups (broad SMARTS) is 1. The van der Waals surface area contributed by atoms with E-state index in [1.807, 2.05) is 0 Å². The fraction of sp³-hybridized carbons (Fsp3) is 0.370. The van der Waals surface area contributed by atoms with Gasteiger partial charge in [-0.05, 0) is 73.5 Å². The zero-order valence-corrected chi connectivity index (χ0v) is 36.9. The number of aromatic nitrogens is 2. The van der Waals surface area contributed by atoms with Crippen molar-refractivity contribution in [1.29, 1.82) is 10.5 Å². The van der Waals surface area contributed by atoms with E-state index in [0.717, 1.165) is 22.6 Å². The van der Waals surface area contributed by atoms with Gasteiger partial charge in [-0.2, -0.15) is 23.7 Å². The fourth-order valence-electron chi connectivity index (χ4n) is 7.10. The molecule has 24 heteroatoms. The molecule has 2 atom stereocenters. The second-order valence-corrected chi connectivity index (χ2v) is 15.7. The van der Waals surface area contributed by atoms with Gasteiger partial charge in [0.2, 0.25) is 11.8 Å². The molecular formula is C46H44F7N9O8. The van der Waals surface area contributed by atoms with Crippen molar-refractivity contribution >= 4 is 29.6 Å². The first kappa shape index (κ1) is 53.1. The van der Waals surface area contributed by atoms with E-state index in [2.05, 4.69) is 25.9 Å². The Bertz CT molecular complexity index is 2410. The van der Waals surface area contributed by atoms with E-state index in [1.165, 1.54) is 36.9 Å². The van der Waals surface area contributed by atoms with Crippen LogP contribution in [0.25, 0.3) is 22.3 Å². The van der Waals surface area contributed by atoms with Crippen LogP contribution in [0.2, 0.25) is 0 Å². The van der Waals surface area contributed by atoms with Crippen molar-refractivity contribution in [3.05, 3.63) is 96.6 Å². The van der Waals surface area contributed by atoms with Gasteiger partial charge in [-0.15, -0.1) is 0 Å². The number of benzene rings is 2. The third-order valence-corrected chi connectivity index (χ3v) is 10.5. The first-order valence-electron chi connectivity index (χ1n) is 21.3. The number of halogens is 7. The van der Waals surface area contributed by atoms with Gasteiger partial charge in [0.1, 0.15) is 23.6 Å². The van der Waals surface area contributed by atoms with E-state index in [9.17, 15) is 49.9 Å². The molecule has 4 amide bonds. The van der Waals surface area contributed by atoms with Crippen molar-refractivity contribution < 1.29 is 69.3 Å². The number of carboxylic acids is 1. The molecule has 2 aromatic carbocycles. The Labute approximate surface area is 395 Å². The van der Waals surface area contributed by atoms with Crippen LogP contribution in [-0.4, -0.2) is 137 Å². The summed E-state index contributed by atoms with van der Waals surface area (Å²) in [7, 11) is 0. The topological polar surface area (TPSA) is 240 Å². The molecule has 0 unspecified atom stereocenters. The highest BCUT2D eigenvalue weighted by Gasteiger charge is 2.48. The van der Waals surface area contributed by atoms with E-state index < -0.39 is 98.7 Å². The molecule has 4 aromatic rings. The number of nitrogens with one attached hydrogen (secondary N) is 3. The minimum absolute atomic E-state index is 0.230. The molecule has 2 aliphatic rings. The molecule has 0 bridgehead atoms. The van der Waals surface area contributed by atoms with Gasteiger partial charge in [-0.3, -0.25) is 29.1 Å². The molecule has 17 nitrogen and oxygen atoms in total. The molecule has 0 saturated carbocycles. The zero-order valence-electron chi connectivity index (χ0n) is 36.9. The number of amides is 4. The van der Waals surface area contributed by atoms with Crippen LogP contribution >= 0.6 is 0 Å². The lowest BCUT2D eigenvalue weighted by Gasteiger charge is -2.19. The van der Waals surface area contributed by atoms with Gasteiger partial charge >= 0.3 is 12.1 Å². The largest absolute Gasteiger partial charge is 0.494 e. The molecule has 2 fully saturated rings. The summed E-state index contributed by atoms with van der Waals surface area (Å²) >= 11 is 0. The quantitative estimate of drug-likeness (QED) is 0.0737. The van der Waals surface area contributed by atoms with Crippen molar-refractivity contribution in [1.82, 2.24) is 35.7 Å². The Hall–Kier alpha value is -7.86. The minimum atomic E-state index is -5.08. The summed E-state index contributed by atoms with van der Waals surface area (Å²) in [6.45, 7) is -0.535. The van der Waals surface area contributed by atoms with Crippen molar-refractivity contribution in [3.8, 4) is 45.9 Å². The summed E-state index contributed by atoms with van der Waals surface area (Å²) in [6, 6.07) is 18.0. The van der Waals surface area contributed by atoms with Crippen LogP contribution in [0, 0.1) is 22.7 Å². The van der Waals surface area contributed by atoms with Crippen LogP contribution in [0.4, 0.5) is 30.7 Å². The second kappa shape index (κ2) is 23.9. The third-order valence-electron chi connectivity index (χ3n) is 10.5. The highest BCUT2D eigenvalue weighted by molar-refractivity contribution is 6.03. The second-order valence-electron chi connectivity index (χ2n) is 15.7. The van der Waals surface area contributed by atoms with Gasteiger partial charge < -0.3 is 40.3 Å². The van der Waals surface area contributed by atoms with Gasteiger partial charge in [0.05, 0.1) is 62.7 Å². The molecule has 0 spiro atoms. The number of aliphatic carboxylic acids is 1. The summed E-state index contributed by atoms with van der Waals surface area (Å²) < 4.78 is 98.6. The number of nitriles is 2. The third kappa shape index (κ3) is 15.1. The van der Waals surface area contributed by atoms with Gasteiger partial charge in [0.15, 0.2) is 0 Å². The van der Waals surface area contributed by atoms with E-state index in [-0.39, 0.29) is 11.1 Å². The Balaban J connectivity index is 0.00000121. The number of rotatable bonds is 18. The van der Waals surface area contributed by atoms with Gasteiger partial charge in [0.25, 0.3) is 23.7 Å². The number of hydrogen-bond acceptors (Lipinski definition) is 12. The number of nitrogens with zero attached hydrogens (tertiary/aromatic N) is 6. The Morgan fingerprint density at radius 1 is 0.671 bits per heavy atom. The molecule has 4 N–H and O–H groups in total. The highest BCUT2D eigenvalue weighted by Crippen LogP contribution is 2.33. The average Bonchev–Trinajstić information content (AvgIpc) is 3.85. The number of ether oxygens (including phenoxy) is 2. The number of likely N-dealkylation sites (tertiary alicyclic amines) is 2. The summed E-state index contributed by atoms with van der Waals surface area (Å²) in [5.41, 5.74) is 2.78. The maximum atomic E-state index is 13.8. The maximum Gasteiger partial charge on any atom is 0.490 e. The SMILES string of the molecule is N#C[C@@H]1CC(F)(F)CN1C(=O)CNC(=O)c1ccncc1-c1ccc(OCCCNCCCOc2ccc(-c3cnccc3C(=O)NCC(=O)N3CC(F)(F)C[C@H]3C#N)cc2)cc1.O=C(O)C(F)(F)F. The zero-order chi connectivity index (χ0) is 51.1. The number of pyridine rings is 2. The van der Waals surface area contributed by atoms with Gasteiger partial charge in [-0.1, -0.05) is 24.3 Å². The predicted molar refractivity (Wildman–Crippen MR) is 232 cm³/mol. The van der Waals surface area contributed by atoms with Crippen molar-refractivity contribution in [2.45, 2.75) is 55.8 Å². The summed E-state index contributed by atoms with van der Waals surface area (Å²) in [4.78, 5) is 69.8. The lowest BCUT2D eigenvalue weighted by atomic mass is 10.0. The summed E-state index contributed by atoms with van der Waals surface area (Å²) in [6.07, 6.45) is 0.753. The minimum Gasteiger partial charge on any atom is -0.494 e. The maximum absolute atomic E-state index is 13.8. The molecule has 70 heavy (non-hydrogen) atoms. The molecule has 2 aliphatic heterocycles. The first-order valence-corrected chi connectivity index (χ1v) is 21.3. The lowest BCUT2D eigenvalue weighted by molar-refractivity contribution is -0.192. The average molecular weight is 984 g/mol. The van der Waals surface area contributed by atoms with Crippen LogP contribution < -0.4 is 25.4 Å². The number of carbonyl (C=O) groups excluding carboxylic acids is 4. The van der Waals surface area contributed by atoms with Gasteiger partial charge in [0, 0.05) is 48.8 Å². The summed E-state index contributed by atoms with van der Waals surface area (Å²) in [5.74, 6) is -10.6. The Morgan fingerprint density at radius 3 is 1.39 bits per heavy atom. The van der Waals surface area contributed by atoms with Crippen molar-refractivity contribution in [2.24, 2.45) is 0 Å². The number of hydrogen-bond donors (Lipinski definition) is 4. The molecule has 6 rings (SSSR count). The van der Waals surface area contributed by atoms with Crippen LogP contribution in [0.3, 0.4) is 0 Å². The Kier molecular flexibility index (Phi) is 18.1. The number of alkyl halides is 7. The fourth-order valence-corrected chi connectivity index (χ4v) is 7.10. The molecular weight excluding hydrogens is 940 g/mol. The lowest BCUT2D eigenvalue weighted by Crippen LogP contribution is -2.43. The van der Waals surface area contributed by atoms with Crippen LogP contribution in [0.15, 0.2) is 85.5 Å². The normalized spacial score (nSPS) is 16.7. The molecule has 4 heterocycles. The van der Waals surface area contributed by atoms with Crippen LogP contribution in [0.1, 0.15) is 46.4 Å². The van der Waals surface area contributed by atoms with E-state index in [1.54, 1.807) is 60.7 Å². The van der Waals surface area contributed by atoms with E-state index in [4.69, 9.17) is 29.9 Å². The molecule has 2 aromatic heterocycles. The summed E-state index contributed by atoms with van der Waals surface area (Å²) in [5, 5.41) is 33.7. The monoisotopic (exact) mass is 983 g/mol. The highest BCUT2D eigenvalue weighted by atomic mass is 19.4. The predicted octanol–water partition coefficient (Wildman–Crippen LogP) is 5.25. The first-order chi connectivity index (χ1) is 33.2. The van der Waals surface area contributed by atoms with Gasteiger partial charge in [-0.25, -0.2) is 22.4 Å². The standard InChI is InChI=1S/C44H43F4N9O6.C2HF3O2/c45-43(46)19-31(21-49)56(27-43)39(58)25-54-41(60)35-11-15-52-23-37(35)29-3-7-33(8-4-29)62-17-1-13-51-14-2-18-63-34-9-5-30(6-10-34)38-24-53-16-12-36(38)42(61)55-26-40(59)57-28-44(47,48)20-32(57)22-50;3-2(4,5)1(6)7/h3-12,15-16,23-24,31-32,51H,1-2,13-14,17-20,25-28H2,(H,54,60)(H,55,61);(H,6,7)/t31-,32-;/m0./s1. The van der Waals surface area contributed by atoms with Crippen LogP contribution in [0.5, 0.6) is 11.5 Å². The van der Waals surface area contributed by atoms with Crippen LogP contribution in [-0.2, 0) is 14.4 Å². The van der Waals surface area contributed by atoms with Crippen molar-refractivity contribution in [2.75, 3.05) is 52.5 Å². The Morgan fingerprint density at radius 2 is 1.04 bits per heavy atom. The molecule has 370 valence electrons.